The van der Waals surface area contributed by atoms with E-state index in [0.29, 0.717) is 6.42 Å². The van der Waals surface area contributed by atoms with Crippen molar-refractivity contribution in [2.75, 3.05) is 6.54 Å². The quantitative estimate of drug-likeness (QED) is 0.565. The van der Waals surface area contributed by atoms with E-state index >= 15 is 0 Å². The largest absolute Gasteiger partial charge is 0.310 e. The molecule has 0 saturated carbocycles. The van der Waals surface area contributed by atoms with E-state index in [1.54, 1.807) is 0 Å². The molecule has 1 unspecified atom stereocenters. The average Bonchev–Trinajstić information content (AvgIpc) is 2.55. The van der Waals surface area contributed by atoms with Gasteiger partial charge in [-0.25, -0.2) is 0 Å². The summed E-state index contributed by atoms with van der Waals surface area (Å²) in [5.74, 6) is 0.191. The number of hydrogen-bond acceptors (Lipinski definition) is 2. The highest BCUT2D eigenvalue weighted by Crippen LogP contribution is 2.20. The highest BCUT2D eigenvalue weighted by molar-refractivity contribution is 5.96. The molecular formula is C20H25NO. The van der Waals surface area contributed by atoms with Gasteiger partial charge in [0.05, 0.1) is 0 Å². The van der Waals surface area contributed by atoms with Crippen LogP contribution in [0.5, 0.6) is 0 Å². The molecule has 0 aliphatic rings. The lowest BCUT2D eigenvalue weighted by Crippen LogP contribution is -2.25. The molecule has 0 spiro atoms. The Morgan fingerprint density at radius 3 is 2.55 bits per heavy atom. The molecule has 116 valence electrons. The molecule has 2 rings (SSSR count). The molecule has 1 N–H and O–H groups in total. The molecule has 0 aliphatic carbocycles. The Morgan fingerprint density at radius 2 is 1.86 bits per heavy atom. The van der Waals surface area contributed by atoms with Crippen LogP contribution in [0.25, 0.3) is 0 Å². The molecule has 0 aliphatic heterocycles. The standard InChI is InChI=1S/C20H25NO/c1-3-4-13-21-19(18-12-8-9-16(2)14-18)15-20(22)17-10-6-5-7-11-17/h5-12,14,19,21H,3-4,13,15H2,1-2H3. The zero-order valence-corrected chi connectivity index (χ0v) is 13.5. The van der Waals surface area contributed by atoms with E-state index in [0.717, 1.165) is 24.9 Å². The van der Waals surface area contributed by atoms with Gasteiger partial charge in [-0.3, -0.25) is 4.79 Å². The molecule has 0 bridgehead atoms. The number of Topliss-reactive ketones (excluding diaryl/α,β-unsaturated/α-hetero) is 1. The highest BCUT2D eigenvalue weighted by atomic mass is 16.1. The van der Waals surface area contributed by atoms with E-state index in [-0.39, 0.29) is 11.8 Å². The smallest absolute Gasteiger partial charge is 0.164 e. The normalized spacial score (nSPS) is 12.1. The first kappa shape index (κ1) is 16.4. The van der Waals surface area contributed by atoms with E-state index in [2.05, 4.69) is 43.4 Å². The minimum Gasteiger partial charge on any atom is -0.310 e. The molecule has 2 aromatic rings. The summed E-state index contributed by atoms with van der Waals surface area (Å²) in [6, 6.07) is 18.1. The van der Waals surface area contributed by atoms with Crippen molar-refractivity contribution in [3.8, 4) is 0 Å². The molecule has 1 atom stereocenters. The lowest BCUT2D eigenvalue weighted by molar-refractivity contribution is 0.0968. The van der Waals surface area contributed by atoms with E-state index in [4.69, 9.17) is 0 Å². The number of carbonyl (C=O) groups excluding carboxylic acids is 1. The minimum absolute atomic E-state index is 0.0826. The van der Waals surface area contributed by atoms with Crippen molar-refractivity contribution >= 4 is 5.78 Å². The van der Waals surface area contributed by atoms with Gasteiger partial charge in [0.25, 0.3) is 0 Å². The summed E-state index contributed by atoms with van der Waals surface area (Å²) >= 11 is 0. The molecule has 0 saturated heterocycles. The number of unbranched alkanes of at least 4 members (excludes halogenated alkanes) is 1. The molecule has 2 heteroatoms. The Labute approximate surface area is 133 Å². The van der Waals surface area contributed by atoms with Crippen LogP contribution in [0.1, 0.15) is 53.7 Å². The molecule has 0 aromatic heterocycles. The van der Waals surface area contributed by atoms with Gasteiger partial charge in [-0.2, -0.15) is 0 Å². The molecule has 22 heavy (non-hydrogen) atoms. The van der Waals surface area contributed by atoms with Gasteiger partial charge in [-0.05, 0) is 25.5 Å². The third-order valence-electron chi connectivity index (χ3n) is 3.85. The lowest BCUT2D eigenvalue weighted by atomic mass is 9.96. The monoisotopic (exact) mass is 295 g/mol. The zero-order chi connectivity index (χ0) is 15.8. The molecular weight excluding hydrogens is 270 g/mol. The van der Waals surface area contributed by atoms with Crippen LogP contribution in [-0.2, 0) is 0 Å². The molecule has 0 radical (unpaired) electrons. The van der Waals surface area contributed by atoms with Crippen LogP contribution in [-0.4, -0.2) is 12.3 Å². The van der Waals surface area contributed by atoms with Crippen molar-refractivity contribution < 1.29 is 4.79 Å². The summed E-state index contributed by atoms with van der Waals surface area (Å²) in [7, 11) is 0. The van der Waals surface area contributed by atoms with Gasteiger partial charge in [0.1, 0.15) is 0 Å². The second-order valence-corrected chi connectivity index (χ2v) is 5.77. The molecule has 2 aromatic carbocycles. The molecule has 2 nitrogen and oxygen atoms in total. The summed E-state index contributed by atoms with van der Waals surface area (Å²) in [6.07, 6.45) is 2.78. The van der Waals surface area contributed by atoms with Gasteiger partial charge in [0, 0.05) is 18.0 Å². The van der Waals surface area contributed by atoms with Gasteiger partial charge in [-0.1, -0.05) is 73.5 Å². The van der Waals surface area contributed by atoms with Gasteiger partial charge in [0.2, 0.25) is 0 Å². The van der Waals surface area contributed by atoms with Crippen LogP contribution >= 0.6 is 0 Å². The van der Waals surface area contributed by atoms with Crippen LogP contribution in [0.3, 0.4) is 0 Å². The minimum atomic E-state index is 0.0826. The first-order chi connectivity index (χ1) is 10.7. The first-order valence-corrected chi connectivity index (χ1v) is 8.09. The molecule has 0 heterocycles. The number of benzene rings is 2. The van der Waals surface area contributed by atoms with Crippen LogP contribution in [0, 0.1) is 6.92 Å². The summed E-state index contributed by atoms with van der Waals surface area (Å²) in [4.78, 5) is 12.5. The van der Waals surface area contributed by atoms with E-state index in [1.807, 2.05) is 30.3 Å². The third-order valence-corrected chi connectivity index (χ3v) is 3.85. The van der Waals surface area contributed by atoms with E-state index in [1.165, 1.54) is 11.1 Å². The number of nitrogens with one attached hydrogen (secondary N) is 1. The summed E-state index contributed by atoms with van der Waals surface area (Å²) in [5, 5.41) is 3.54. The predicted molar refractivity (Wildman–Crippen MR) is 92.2 cm³/mol. The Kier molecular flexibility index (Phi) is 6.35. The number of aryl methyl sites for hydroxylation is 1. The highest BCUT2D eigenvalue weighted by Gasteiger charge is 2.16. The Bertz CT molecular complexity index is 592. The van der Waals surface area contributed by atoms with Crippen LogP contribution in [0.15, 0.2) is 54.6 Å². The maximum Gasteiger partial charge on any atom is 0.164 e. The summed E-state index contributed by atoms with van der Waals surface area (Å²) in [5.41, 5.74) is 3.21. The number of hydrogen-bond donors (Lipinski definition) is 1. The maximum absolute atomic E-state index is 12.5. The van der Waals surface area contributed by atoms with Crippen LogP contribution in [0.4, 0.5) is 0 Å². The predicted octanol–water partition coefficient (Wildman–Crippen LogP) is 4.70. The van der Waals surface area contributed by atoms with Crippen molar-refractivity contribution in [1.82, 2.24) is 5.32 Å². The molecule has 0 fully saturated rings. The number of rotatable bonds is 8. The summed E-state index contributed by atoms with van der Waals surface area (Å²) < 4.78 is 0. The van der Waals surface area contributed by atoms with Crippen molar-refractivity contribution in [1.29, 1.82) is 0 Å². The van der Waals surface area contributed by atoms with Gasteiger partial charge < -0.3 is 5.32 Å². The van der Waals surface area contributed by atoms with Gasteiger partial charge >= 0.3 is 0 Å². The topological polar surface area (TPSA) is 29.1 Å². The Balaban J connectivity index is 2.12. The second kappa shape index (κ2) is 8.50. The van der Waals surface area contributed by atoms with E-state index < -0.39 is 0 Å². The molecule has 0 amide bonds. The average molecular weight is 295 g/mol. The third kappa shape index (κ3) is 4.81. The Hall–Kier alpha value is -1.93. The summed E-state index contributed by atoms with van der Waals surface area (Å²) in [6.45, 7) is 5.21. The lowest BCUT2D eigenvalue weighted by Gasteiger charge is -2.19. The number of ketones is 1. The van der Waals surface area contributed by atoms with Crippen LogP contribution < -0.4 is 5.32 Å². The Morgan fingerprint density at radius 1 is 1.09 bits per heavy atom. The van der Waals surface area contributed by atoms with E-state index in [9.17, 15) is 4.79 Å². The van der Waals surface area contributed by atoms with Gasteiger partial charge in [0.15, 0.2) is 5.78 Å². The number of carbonyl (C=O) groups is 1. The zero-order valence-electron chi connectivity index (χ0n) is 13.5. The van der Waals surface area contributed by atoms with Crippen molar-refractivity contribution in [2.45, 2.75) is 39.2 Å². The fraction of sp³-hybridized carbons (Fsp3) is 0.350. The first-order valence-electron chi connectivity index (χ1n) is 8.09. The SMILES string of the molecule is CCCCNC(CC(=O)c1ccccc1)c1cccc(C)c1. The second-order valence-electron chi connectivity index (χ2n) is 5.77. The maximum atomic E-state index is 12.5. The fourth-order valence-electron chi connectivity index (χ4n) is 2.58. The van der Waals surface area contributed by atoms with Crippen molar-refractivity contribution in [3.05, 3.63) is 71.3 Å². The fourth-order valence-corrected chi connectivity index (χ4v) is 2.58. The van der Waals surface area contributed by atoms with Gasteiger partial charge in [-0.15, -0.1) is 0 Å². The van der Waals surface area contributed by atoms with Crippen molar-refractivity contribution in [2.24, 2.45) is 0 Å². The van der Waals surface area contributed by atoms with Crippen molar-refractivity contribution in [3.63, 3.8) is 0 Å². The van der Waals surface area contributed by atoms with Crippen LogP contribution in [0.2, 0.25) is 0 Å².